The number of nitrogens with zero attached hydrogens (tertiary/aromatic N) is 1. The predicted octanol–water partition coefficient (Wildman–Crippen LogP) is 4.39. The summed E-state index contributed by atoms with van der Waals surface area (Å²) < 4.78 is 10.7. The van der Waals surface area contributed by atoms with Crippen molar-refractivity contribution in [3.63, 3.8) is 0 Å². The maximum Gasteiger partial charge on any atom is 0.312 e. The molecule has 1 amide bonds. The molecule has 1 aromatic heterocycles. The van der Waals surface area contributed by atoms with E-state index in [9.17, 15) is 9.59 Å². The van der Waals surface area contributed by atoms with Gasteiger partial charge < -0.3 is 14.6 Å². The fourth-order valence-electron chi connectivity index (χ4n) is 6.62. The molecule has 0 saturated heterocycles. The van der Waals surface area contributed by atoms with E-state index in [-0.39, 0.29) is 17.3 Å². The zero-order valence-corrected chi connectivity index (χ0v) is 17.5. The van der Waals surface area contributed by atoms with Crippen LogP contribution in [0.5, 0.6) is 0 Å². The summed E-state index contributed by atoms with van der Waals surface area (Å²) in [4.78, 5) is 25.9. The second-order valence-corrected chi connectivity index (χ2v) is 9.75. The van der Waals surface area contributed by atoms with E-state index in [1.54, 1.807) is 19.9 Å². The molecule has 4 saturated carbocycles. The number of aromatic nitrogens is 1. The summed E-state index contributed by atoms with van der Waals surface area (Å²) in [7, 11) is 0. The molecule has 6 nitrogen and oxygen atoms in total. The van der Waals surface area contributed by atoms with E-state index in [1.165, 1.54) is 12.0 Å². The van der Waals surface area contributed by atoms with Gasteiger partial charge in [0.25, 0.3) is 5.91 Å². The highest BCUT2D eigenvalue weighted by molar-refractivity contribution is 5.94. The van der Waals surface area contributed by atoms with Crippen LogP contribution >= 0.6 is 0 Å². The van der Waals surface area contributed by atoms with Crippen molar-refractivity contribution in [3.8, 4) is 0 Å². The van der Waals surface area contributed by atoms with E-state index >= 15 is 0 Å². The Hall–Kier alpha value is -2.63. The Bertz CT molecular complexity index is 953. The molecule has 1 heterocycles. The molecule has 5 atom stereocenters. The third kappa shape index (κ3) is 3.22. The number of benzene rings is 1. The van der Waals surface area contributed by atoms with Crippen molar-refractivity contribution >= 4 is 17.7 Å². The molecule has 6 rings (SSSR count). The minimum atomic E-state index is -0.879. The van der Waals surface area contributed by atoms with Gasteiger partial charge in [-0.15, -0.1) is 0 Å². The van der Waals surface area contributed by atoms with Crippen LogP contribution in [0.15, 0.2) is 40.9 Å². The summed E-state index contributed by atoms with van der Waals surface area (Å²) in [5, 5.41) is 6.42. The van der Waals surface area contributed by atoms with Crippen molar-refractivity contribution in [1.29, 1.82) is 0 Å². The smallest absolute Gasteiger partial charge is 0.312 e. The maximum atomic E-state index is 13.4. The van der Waals surface area contributed by atoms with Gasteiger partial charge in [0.1, 0.15) is 5.76 Å². The van der Waals surface area contributed by atoms with Crippen molar-refractivity contribution in [1.82, 2.24) is 5.16 Å². The largest absolute Gasteiger partial charge is 0.452 e. The first-order valence-electron chi connectivity index (χ1n) is 10.9. The SMILES string of the molecule is Cc1cc(NC(=O)[C@@H](C)OC(=O)C23C[C@H]4C[C@@H](C2)CC(c2ccccc2)(C4)C3)no1. The Kier molecular flexibility index (Phi) is 4.49. The van der Waals surface area contributed by atoms with Gasteiger partial charge in [0.15, 0.2) is 11.9 Å². The molecule has 1 N–H and O–H groups in total. The molecule has 4 aliphatic carbocycles. The zero-order valence-electron chi connectivity index (χ0n) is 17.5. The number of nitrogens with one attached hydrogen (secondary N) is 1. The van der Waals surface area contributed by atoms with Gasteiger partial charge in [-0.05, 0) is 75.2 Å². The van der Waals surface area contributed by atoms with Crippen molar-refractivity contribution in [2.24, 2.45) is 17.3 Å². The minimum Gasteiger partial charge on any atom is -0.452 e. The number of aryl methyl sites for hydroxylation is 1. The third-order valence-corrected chi connectivity index (χ3v) is 7.41. The first-order valence-corrected chi connectivity index (χ1v) is 10.9. The van der Waals surface area contributed by atoms with Crippen LogP contribution < -0.4 is 5.32 Å². The molecule has 0 aliphatic heterocycles. The van der Waals surface area contributed by atoms with Gasteiger partial charge in [-0.3, -0.25) is 9.59 Å². The Labute approximate surface area is 176 Å². The van der Waals surface area contributed by atoms with Gasteiger partial charge in [0.2, 0.25) is 0 Å². The normalized spacial score (nSPS) is 32.6. The summed E-state index contributed by atoms with van der Waals surface area (Å²) in [6, 6.07) is 12.3. The standard InChI is InChI=1S/C24H28N2O4/c1-15-8-20(26-30-15)25-21(27)16(2)29-22(28)24-12-17-9-18(13-24)11-23(10-17,14-24)19-6-4-3-5-7-19/h3-8,16-18H,9-14H2,1-2H3,(H,25,26,27)/t16-,17-,18+,23?,24?/m1/s1. The molecule has 4 fully saturated rings. The number of rotatable bonds is 5. The molecule has 6 heteroatoms. The number of ether oxygens (including phenoxy) is 1. The summed E-state index contributed by atoms with van der Waals surface area (Å²) in [5.74, 6) is 1.45. The molecule has 2 aromatic rings. The van der Waals surface area contributed by atoms with Crippen LogP contribution in [-0.4, -0.2) is 23.1 Å². The molecule has 158 valence electrons. The van der Waals surface area contributed by atoms with Gasteiger partial charge in [-0.25, -0.2) is 0 Å². The topological polar surface area (TPSA) is 81.4 Å². The van der Waals surface area contributed by atoms with Crippen molar-refractivity contribution < 1.29 is 18.8 Å². The lowest BCUT2D eigenvalue weighted by Gasteiger charge is -2.61. The highest BCUT2D eigenvalue weighted by Gasteiger charge is 2.61. The Morgan fingerprint density at radius 3 is 2.50 bits per heavy atom. The average molecular weight is 408 g/mol. The fraction of sp³-hybridized carbons (Fsp3) is 0.542. The minimum absolute atomic E-state index is 0.0636. The van der Waals surface area contributed by atoms with E-state index in [4.69, 9.17) is 9.26 Å². The number of esters is 1. The van der Waals surface area contributed by atoms with Crippen molar-refractivity contribution in [2.45, 2.75) is 63.9 Å². The van der Waals surface area contributed by atoms with Crippen LogP contribution in [0.4, 0.5) is 5.82 Å². The Morgan fingerprint density at radius 1 is 1.17 bits per heavy atom. The fourth-order valence-corrected chi connectivity index (χ4v) is 6.62. The van der Waals surface area contributed by atoms with Gasteiger partial charge in [0.05, 0.1) is 5.41 Å². The van der Waals surface area contributed by atoms with E-state index in [1.807, 2.05) is 6.07 Å². The van der Waals surface area contributed by atoms with Gasteiger partial charge in [0, 0.05) is 6.07 Å². The van der Waals surface area contributed by atoms with E-state index < -0.39 is 11.5 Å². The number of amides is 1. The second kappa shape index (κ2) is 6.96. The summed E-state index contributed by atoms with van der Waals surface area (Å²) >= 11 is 0. The van der Waals surface area contributed by atoms with Gasteiger partial charge >= 0.3 is 5.97 Å². The van der Waals surface area contributed by atoms with E-state index in [0.717, 1.165) is 32.1 Å². The molecule has 4 aliphatic rings. The van der Waals surface area contributed by atoms with Crippen LogP contribution in [0.1, 0.15) is 56.8 Å². The van der Waals surface area contributed by atoms with Crippen molar-refractivity contribution in [2.75, 3.05) is 5.32 Å². The van der Waals surface area contributed by atoms with Gasteiger partial charge in [-0.1, -0.05) is 35.5 Å². The van der Waals surface area contributed by atoms with Crippen LogP contribution in [0.2, 0.25) is 0 Å². The lowest BCUT2D eigenvalue weighted by atomic mass is 9.43. The molecular weight excluding hydrogens is 380 g/mol. The first kappa shape index (κ1) is 19.3. The summed E-state index contributed by atoms with van der Waals surface area (Å²) in [5.41, 5.74) is 0.941. The third-order valence-electron chi connectivity index (χ3n) is 7.41. The lowest BCUT2D eigenvalue weighted by Crippen LogP contribution is -2.57. The molecule has 2 unspecified atom stereocenters. The van der Waals surface area contributed by atoms with Gasteiger partial charge in [-0.2, -0.15) is 0 Å². The predicted molar refractivity (Wildman–Crippen MR) is 111 cm³/mol. The van der Waals surface area contributed by atoms with Crippen LogP contribution in [-0.2, 0) is 19.7 Å². The summed E-state index contributed by atoms with van der Waals surface area (Å²) in [6.45, 7) is 3.37. The van der Waals surface area contributed by atoms with Crippen LogP contribution in [0, 0.1) is 24.2 Å². The number of carbonyl (C=O) groups excluding carboxylic acids is 2. The monoisotopic (exact) mass is 408 g/mol. The molecular formula is C24H28N2O4. The average Bonchev–Trinajstić information content (AvgIpc) is 3.12. The second-order valence-electron chi connectivity index (χ2n) is 9.75. The Morgan fingerprint density at radius 2 is 1.87 bits per heavy atom. The van der Waals surface area contributed by atoms with E-state index in [0.29, 0.717) is 23.4 Å². The number of anilines is 1. The molecule has 30 heavy (non-hydrogen) atoms. The zero-order chi connectivity index (χ0) is 20.9. The Balaban J connectivity index is 1.33. The maximum absolute atomic E-state index is 13.4. The highest BCUT2D eigenvalue weighted by atomic mass is 16.5. The van der Waals surface area contributed by atoms with Crippen LogP contribution in [0.25, 0.3) is 0 Å². The number of carbonyl (C=O) groups is 2. The number of hydrogen-bond donors (Lipinski definition) is 1. The lowest BCUT2D eigenvalue weighted by molar-refractivity contribution is -0.180. The molecule has 0 spiro atoms. The highest BCUT2D eigenvalue weighted by Crippen LogP contribution is 2.66. The van der Waals surface area contributed by atoms with Crippen molar-refractivity contribution in [3.05, 3.63) is 47.7 Å². The van der Waals surface area contributed by atoms with Crippen LogP contribution in [0.3, 0.4) is 0 Å². The molecule has 4 bridgehead atoms. The van der Waals surface area contributed by atoms with E-state index in [2.05, 4.69) is 34.7 Å². The molecule has 0 radical (unpaired) electrons. The summed E-state index contributed by atoms with van der Waals surface area (Å²) in [6.07, 6.45) is 5.24. The first-order chi connectivity index (χ1) is 14.4. The quantitative estimate of drug-likeness (QED) is 0.742. The molecule has 1 aromatic carbocycles. The number of hydrogen-bond acceptors (Lipinski definition) is 5.